The number of hydrogen-bond donors (Lipinski definition) is 4. The SMILES string of the molecule is C.C.C.C.C.C.C.C.C.C.C.C.C.C.C.C.C.C.C.C.C.C.C.C.C=C.C=C.C[Si](CCOCCCOCC[Si](C)(CCOON)CCOON)(CCOCCON)CCOCCON. The summed E-state index contributed by atoms with van der Waals surface area (Å²) in [5.41, 5.74) is 0. The van der Waals surface area contributed by atoms with Crippen molar-refractivity contribution in [3.63, 3.8) is 0 Å². The average molecular weight is 1020 g/mol. The van der Waals surface area contributed by atoms with E-state index in [1.165, 1.54) is 0 Å². The lowest BCUT2D eigenvalue weighted by Gasteiger charge is -2.27. The summed E-state index contributed by atoms with van der Waals surface area (Å²) >= 11 is 0. The van der Waals surface area contributed by atoms with Crippen molar-refractivity contribution < 1.29 is 48.4 Å². The summed E-state index contributed by atoms with van der Waals surface area (Å²) in [4.78, 5) is 27.2. The van der Waals surface area contributed by atoms with Gasteiger partial charge in [-0.1, -0.05) is 191 Å². The number of ether oxygens (including phenoxy) is 4. The summed E-state index contributed by atoms with van der Waals surface area (Å²) in [7, 11) is -3.28. The van der Waals surface area contributed by atoms with Gasteiger partial charge in [-0.15, -0.1) is 36.3 Å². The molecule has 0 radical (unpaired) electrons. The van der Waals surface area contributed by atoms with Crippen molar-refractivity contribution in [2.24, 2.45) is 23.6 Å². The minimum absolute atomic E-state index is 0. The van der Waals surface area contributed by atoms with Gasteiger partial charge in [0.2, 0.25) is 0 Å². The highest BCUT2D eigenvalue weighted by atomic mass is 28.3. The molecule has 0 fully saturated rings. The second-order valence-electron chi connectivity index (χ2n) is 9.50. The third-order valence-electron chi connectivity index (χ3n) is 6.38. The summed E-state index contributed by atoms with van der Waals surface area (Å²) in [5, 5.41) is 0. The Morgan fingerprint density at radius 3 is 0.646 bits per heavy atom. The Balaban J connectivity index is -0.0000000200. The molecule has 16 heteroatoms. The van der Waals surface area contributed by atoms with E-state index in [-0.39, 0.29) is 178 Å². The Hall–Kier alpha value is -0.646. The monoisotopic (exact) mass is 1020 g/mol. The lowest BCUT2D eigenvalue weighted by Crippen LogP contribution is -2.35. The Morgan fingerprint density at radius 1 is 0.277 bits per heavy atom. The lowest BCUT2D eigenvalue weighted by atomic mass is 10.5. The summed E-state index contributed by atoms with van der Waals surface area (Å²) < 4.78 is 23.1. The molecule has 0 amide bonds. The molecule has 0 saturated carbocycles. The van der Waals surface area contributed by atoms with Gasteiger partial charge >= 0.3 is 0 Å². The molecule has 0 atom stereocenters. The molecule has 0 aliphatic rings. The van der Waals surface area contributed by atoms with Crippen LogP contribution in [0.1, 0.15) is 185 Å². The molecule has 14 nitrogen and oxygen atoms in total. The van der Waals surface area contributed by atoms with Gasteiger partial charge in [0.25, 0.3) is 0 Å². The summed E-state index contributed by atoms with van der Waals surface area (Å²) in [6, 6.07) is 5.77. The van der Waals surface area contributed by atoms with Gasteiger partial charge in [0.15, 0.2) is 0 Å². The van der Waals surface area contributed by atoms with Crippen molar-refractivity contribution >= 4 is 16.1 Å². The fraction of sp³-hybridized carbons (Fsp3) is 0.918. The zero-order chi connectivity index (χ0) is 31.5. The third-order valence-corrected chi connectivity index (χ3v) is 14.8. The number of nitrogens with two attached hydrogens (primary N) is 4. The van der Waals surface area contributed by atoms with E-state index in [1.54, 1.807) is 0 Å². The van der Waals surface area contributed by atoms with Crippen molar-refractivity contribution in [2.45, 2.75) is 234 Å². The molecule has 0 heterocycles. The summed E-state index contributed by atoms with van der Waals surface area (Å²) in [6.07, 6.45) is 0.842. The van der Waals surface area contributed by atoms with Gasteiger partial charge in [0.1, 0.15) is 0 Å². The molecule has 0 unspecified atom stereocenters. The molecule has 0 rings (SSSR count). The molecule has 0 aromatic heterocycles. The molecular weight excluding hydrogens is 861 g/mol. The molecule has 0 aliphatic heterocycles. The number of hydrogen-bond acceptors (Lipinski definition) is 14. The van der Waals surface area contributed by atoms with Crippen LogP contribution in [-0.2, 0) is 48.4 Å². The van der Waals surface area contributed by atoms with Crippen LogP contribution in [0.5, 0.6) is 0 Å². The summed E-state index contributed by atoms with van der Waals surface area (Å²) in [6.45, 7) is 23.3. The van der Waals surface area contributed by atoms with E-state index in [1.807, 2.05) is 0 Å². The molecule has 0 aliphatic carbocycles. The fourth-order valence-corrected chi connectivity index (χ4v) is 8.78. The van der Waals surface area contributed by atoms with E-state index >= 15 is 0 Å². The van der Waals surface area contributed by atoms with Crippen LogP contribution < -0.4 is 23.6 Å². The van der Waals surface area contributed by atoms with E-state index in [9.17, 15) is 0 Å². The summed E-state index contributed by atoms with van der Waals surface area (Å²) in [5.74, 6) is 20.0. The van der Waals surface area contributed by atoms with Gasteiger partial charge in [-0.05, 0) is 42.7 Å². The third kappa shape index (κ3) is 139. The lowest BCUT2D eigenvalue weighted by molar-refractivity contribution is -0.297. The van der Waals surface area contributed by atoms with Crippen molar-refractivity contribution in [3.05, 3.63) is 26.3 Å². The van der Waals surface area contributed by atoms with Crippen LogP contribution in [-0.4, -0.2) is 95.4 Å². The molecule has 440 valence electrons. The molecular formula is C49H156N4O10Si2. The van der Waals surface area contributed by atoms with Gasteiger partial charge in [-0.25, -0.2) is 21.6 Å². The first-order chi connectivity index (χ1) is 19.9. The topological polar surface area (TPSA) is 196 Å². The van der Waals surface area contributed by atoms with E-state index in [4.69, 9.17) is 52.3 Å². The number of rotatable bonds is 30. The molecule has 0 bridgehead atoms. The Bertz CT molecular complexity index is 510. The van der Waals surface area contributed by atoms with Crippen LogP contribution in [0.3, 0.4) is 0 Å². The van der Waals surface area contributed by atoms with Crippen LogP contribution in [0.4, 0.5) is 0 Å². The molecule has 0 spiro atoms. The first kappa shape index (κ1) is 185. The predicted octanol–water partition coefficient (Wildman–Crippen LogP) is 17.9. The van der Waals surface area contributed by atoms with Gasteiger partial charge in [0.05, 0.1) is 55.8 Å². The molecule has 65 heavy (non-hydrogen) atoms. The van der Waals surface area contributed by atoms with Gasteiger partial charge < -0.3 is 28.6 Å². The van der Waals surface area contributed by atoms with Gasteiger partial charge in [-0.2, -0.15) is 11.8 Å². The maximum atomic E-state index is 5.92. The second kappa shape index (κ2) is 151. The first-order valence-corrected chi connectivity index (χ1v) is 20.1. The maximum absolute atomic E-state index is 5.92. The van der Waals surface area contributed by atoms with E-state index in [2.05, 4.69) is 59.1 Å². The zero-order valence-corrected chi connectivity index (χ0v) is 27.7. The highest BCUT2D eigenvalue weighted by Crippen LogP contribution is 2.22. The van der Waals surface area contributed by atoms with Crippen LogP contribution in [0.25, 0.3) is 0 Å². The standard InChI is InChI=1S/C21H52N4O10Si2.2C2H4.24CH4/c1-36(18-12-28-6-8-30-22,19-13-29-7-9-31-23)16-10-26-4-3-5-27-11-17-37(2,20-14-32-34-24)21-15-33-35-25;2*1-2;;;;;;;;;;;;;;;;;;;;;;;;/h3-25H2,1-2H3;2*1-2H2;24*1H4. The molecule has 0 aromatic rings. The molecule has 0 aromatic carbocycles. The van der Waals surface area contributed by atoms with Gasteiger partial charge in [0, 0.05) is 39.6 Å². The average Bonchev–Trinajstić information content (AvgIpc) is 2.98. The predicted molar refractivity (Wildman–Crippen MR) is 327 cm³/mol. The Kier molecular flexibility index (Phi) is 431. The Labute approximate surface area is 426 Å². The zero-order valence-electron chi connectivity index (χ0n) is 25.7. The normalized spacial score (nSPS) is 7.23. The van der Waals surface area contributed by atoms with Crippen molar-refractivity contribution in [2.75, 3.05) is 79.3 Å². The van der Waals surface area contributed by atoms with Gasteiger partial charge in [-0.3, -0.25) is 0 Å². The molecule has 8 N–H and O–H groups in total. The van der Waals surface area contributed by atoms with E-state index < -0.39 is 16.1 Å². The largest absolute Gasteiger partial charge is 0.382 e. The highest BCUT2D eigenvalue weighted by molar-refractivity contribution is 6.79. The van der Waals surface area contributed by atoms with Crippen LogP contribution in [0, 0.1) is 0 Å². The quantitative estimate of drug-likeness (QED) is 0.0174. The van der Waals surface area contributed by atoms with Crippen LogP contribution in [0.15, 0.2) is 26.3 Å². The minimum atomic E-state index is -1.68. The van der Waals surface area contributed by atoms with E-state index in [0.717, 1.165) is 49.3 Å². The minimum Gasteiger partial charge on any atom is -0.382 e. The van der Waals surface area contributed by atoms with Crippen molar-refractivity contribution in [1.82, 2.24) is 0 Å². The fourth-order valence-electron chi connectivity index (χ4n) is 3.58. The van der Waals surface area contributed by atoms with Crippen LogP contribution >= 0.6 is 0 Å². The Morgan fingerprint density at radius 2 is 0.462 bits per heavy atom. The second-order valence-corrected chi connectivity index (χ2v) is 19.7. The van der Waals surface area contributed by atoms with Crippen molar-refractivity contribution in [1.29, 1.82) is 0 Å². The van der Waals surface area contributed by atoms with Crippen LogP contribution in [0.2, 0.25) is 49.4 Å². The first-order valence-electron chi connectivity index (χ1n) is 13.9. The smallest absolute Gasteiger partial charge is 0.0913 e. The molecule has 0 saturated heterocycles. The maximum Gasteiger partial charge on any atom is 0.0913 e. The highest BCUT2D eigenvalue weighted by Gasteiger charge is 2.27. The van der Waals surface area contributed by atoms with E-state index in [0.29, 0.717) is 72.7 Å². The van der Waals surface area contributed by atoms with Crippen molar-refractivity contribution in [3.8, 4) is 0 Å².